The zero-order valence-corrected chi connectivity index (χ0v) is 14.9. The number of hydrogen-bond donors (Lipinski definition) is 2. The molecule has 1 heterocycles. The fraction of sp³-hybridized carbons (Fsp3) is 0.182. The molecule has 3 rings (SSSR count). The molecule has 0 atom stereocenters. The van der Waals surface area contributed by atoms with Gasteiger partial charge in [0, 0.05) is 24.1 Å². The maximum absolute atomic E-state index is 12.3. The number of pyridine rings is 1. The van der Waals surface area contributed by atoms with Crippen molar-refractivity contribution in [1.29, 1.82) is 0 Å². The predicted octanol–water partition coefficient (Wildman–Crippen LogP) is 4.50. The van der Waals surface area contributed by atoms with E-state index < -0.39 is 0 Å². The summed E-state index contributed by atoms with van der Waals surface area (Å²) in [5.74, 6) is -0.148. The molecule has 0 aliphatic heterocycles. The van der Waals surface area contributed by atoms with Crippen LogP contribution < -0.4 is 10.6 Å². The summed E-state index contributed by atoms with van der Waals surface area (Å²) >= 11 is 0. The van der Waals surface area contributed by atoms with Crippen LogP contribution in [0.25, 0.3) is 0 Å². The van der Waals surface area contributed by atoms with Crippen LogP contribution in [0.1, 0.15) is 28.0 Å². The Labute approximate surface area is 154 Å². The lowest BCUT2D eigenvalue weighted by atomic mass is 10.1. The average molecular weight is 345 g/mol. The van der Waals surface area contributed by atoms with Crippen molar-refractivity contribution in [2.75, 3.05) is 11.9 Å². The third-order valence-corrected chi connectivity index (χ3v) is 4.10. The number of anilines is 2. The van der Waals surface area contributed by atoms with E-state index in [1.807, 2.05) is 48.5 Å². The Morgan fingerprint density at radius 1 is 0.962 bits per heavy atom. The summed E-state index contributed by atoms with van der Waals surface area (Å²) in [4.78, 5) is 16.5. The van der Waals surface area contributed by atoms with Crippen molar-refractivity contribution in [3.8, 4) is 0 Å². The highest BCUT2D eigenvalue weighted by Gasteiger charge is 2.07. The third-order valence-electron chi connectivity index (χ3n) is 4.10. The van der Waals surface area contributed by atoms with Crippen LogP contribution >= 0.6 is 0 Å². The first kappa shape index (κ1) is 17.7. The highest BCUT2D eigenvalue weighted by Crippen LogP contribution is 2.17. The van der Waals surface area contributed by atoms with Gasteiger partial charge in [-0.1, -0.05) is 48.0 Å². The Kier molecular flexibility index (Phi) is 5.99. The normalized spacial score (nSPS) is 10.3. The largest absolute Gasteiger partial charge is 0.355 e. The molecule has 0 radical (unpaired) electrons. The van der Waals surface area contributed by atoms with Gasteiger partial charge in [-0.3, -0.25) is 9.78 Å². The molecule has 2 aromatic carbocycles. The zero-order valence-electron chi connectivity index (χ0n) is 14.9. The molecule has 0 bridgehead atoms. The van der Waals surface area contributed by atoms with Gasteiger partial charge in [-0.2, -0.15) is 0 Å². The second-order valence-electron chi connectivity index (χ2n) is 6.27. The molecular weight excluding hydrogens is 322 g/mol. The molecule has 1 aromatic heterocycles. The lowest BCUT2D eigenvalue weighted by Gasteiger charge is -2.09. The Morgan fingerprint density at radius 2 is 1.73 bits per heavy atom. The number of carbonyl (C=O) groups is 1. The second kappa shape index (κ2) is 8.81. The minimum atomic E-state index is -0.148. The van der Waals surface area contributed by atoms with Crippen molar-refractivity contribution < 1.29 is 4.79 Å². The van der Waals surface area contributed by atoms with Crippen LogP contribution in [0.3, 0.4) is 0 Å². The number of rotatable bonds is 7. The van der Waals surface area contributed by atoms with Gasteiger partial charge < -0.3 is 10.6 Å². The van der Waals surface area contributed by atoms with Crippen LogP contribution in [0.2, 0.25) is 0 Å². The van der Waals surface area contributed by atoms with Gasteiger partial charge in [0.15, 0.2) is 0 Å². The first-order valence-corrected chi connectivity index (χ1v) is 8.82. The molecule has 0 aliphatic rings. The van der Waals surface area contributed by atoms with Gasteiger partial charge in [0.25, 0.3) is 5.91 Å². The number of aryl methyl sites for hydroxylation is 2. The minimum absolute atomic E-state index is 0.148. The molecule has 1 amide bonds. The van der Waals surface area contributed by atoms with Gasteiger partial charge in [0.1, 0.15) is 5.69 Å². The Bertz CT molecular complexity index is 845. The van der Waals surface area contributed by atoms with E-state index in [9.17, 15) is 4.79 Å². The number of nitrogens with one attached hydrogen (secondary N) is 2. The maximum Gasteiger partial charge on any atom is 0.269 e. The topological polar surface area (TPSA) is 54.0 Å². The monoisotopic (exact) mass is 345 g/mol. The molecule has 4 heteroatoms. The smallest absolute Gasteiger partial charge is 0.269 e. The highest BCUT2D eigenvalue weighted by atomic mass is 16.1. The molecule has 4 nitrogen and oxygen atoms in total. The predicted molar refractivity (Wildman–Crippen MR) is 106 cm³/mol. The van der Waals surface area contributed by atoms with Crippen molar-refractivity contribution in [2.24, 2.45) is 0 Å². The molecule has 2 N–H and O–H groups in total. The summed E-state index contributed by atoms with van der Waals surface area (Å²) in [6, 6.07) is 22.0. The van der Waals surface area contributed by atoms with Crippen LogP contribution in [0.5, 0.6) is 0 Å². The summed E-state index contributed by atoms with van der Waals surface area (Å²) in [7, 11) is 0. The van der Waals surface area contributed by atoms with Gasteiger partial charge in [-0.25, -0.2) is 0 Å². The van der Waals surface area contributed by atoms with E-state index in [0.717, 1.165) is 24.2 Å². The fourth-order valence-electron chi connectivity index (χ4n) is 2.67. The zero-order chi connectivity index (χ0) is 18.2. The standard InChI is InChI=1S/C22H23N3O/c1-17-9-11-19(12-10-17)25-20-13-15-23-21(16-20)22(26)24-14-5-8-18-6-3-2-4-7-18/h2-4,6-7,9-13,15-16H,5,8,14H2,1H3,(H,23,25)(H,24,26). The molecule has 0 saturated carbocycles. The van der Waals surface area contributed by atoms with Crippen LogP contribution in [0.15, 0.2) is 72.9 Å². The first-order chi connectivity index (χ1) is 12.7. The van der Waals surface area contributed by atoms with E-state index in [4.69, 9.17) is 0 Å². The Hall–Kier alpha value is -3.14. The number of carbonyl (C=O) groups excluding carboxylic acids is 1. The van der Waals surface area contributed by atoms with Gasteiger partial charge in [0.05, 0.1) is 0 Å². The number of benzene rings is 2. The van der Waals surface area contributed by atoms with Crippen LogP contribution in [-0.2, 0) is 6.42 Å². The molecule has 3 aromatic rings. The van der Waals surface area contributed by atoms with Gasteiger partial charge >= 0.3 is 0 Å². The lowest BCUT2D eigenvalue weighted by molar-refractivity contribution is 0.0948. The summed E-state index contributed by atoms with van der Waals surface area (Å²) in [6.07, 6.45) is 3.50. The number of nitrogens with zero attached hydrogens (tertiary/aromatic N) is 1. The van der Waals surface area contributed by atoms with Crippen molar-refractivity contribution >= 4 is 17.3 Å². The molecule has 0 unspecified atom stereocenters. The summed E-state index contributed by atoms with van der Waals surface area (Å²) in [5.41, 5.74) is 4.74. The molecule has 132 valence electrons. The third kappa shape index (κ3) is 5.18. The van der Waals surface area contributed by atoms with E-state index in [2.05, 4.69) is 34.7 Å². The van der Waals surface area contributed by atoms with E-state index >= 15 is 0 Å². The van der Waals surface area contributed by atoms with Gasteiger partial charge in [-0.05, 0) is 49.6 Å². The minimum Gasteiger partial charge on any atom is -0.355 e. The summed E-state index contributed by atoms with van der Waals surface area (Å²) < 4.78 is 0. The van der Waals surface area contributed by atoms with Crippen LogP contribution in [0.4, 0.5) is 11.4 Å². The molecule has 0 aliphatic carbocycles. The Balaban J connectivity index is 1.52. The highest BCUT2D eigenvalue weighted by molar-refractivity contribution is 5.93. The number of amides is 1. The SMILES string of the molecule is Cc1ccc(Nc2ccnc(C(=O)NCCCc3ccccc3)c2)cc1. The van der Waals surface area contributed by atoms with Crippen molar-refractivity contribution in [3.05, 3.63) is 89.7 Å². The van der Waals surface area contributed by atoms with E-state index in [-0.39, 0.29) is 5.91 Å². The number of hydrogen-bond acceptors (Lipinski definition) is 3. The number of aromatic nitrogens is 1. The fourth-order valence-corrected chi connectivity index (χ4v) is 2.67. The van der Waals surface area contributed by atoms with E-state index in [1.54, 1.807) is 12.3 Å². The molecular formula is C22H23N3O. The molecule has 0 saturated heterocycles. The van der Waals surface area contributed by atoms with Crippen LogP contribution in [-0.4, -0.2) is 17.4 Å². The van der Waals surface area contributed by atoms with Gasteiger partial charge in [-0.15, -0.1) is 0 Å². The quantitative estimate of drug-likeness (QED) is 0.620. The second-order valence-corrected chi connectivity index (χ2v) is 6.27. The van der Waals surface area contributed by atoms with E-state index in [1.165, 1.54) is 11.1 Å². The lowest BCUT2D eigenvalue weighted by Crippen LogP contribution is -2.25. The summed E-state index contributed by atoms with van der Waals surface area (Å²) in [6.45, 7) is 2.68. The molecule has 0 spiro atoms. The maximum atomic E-state index is 12.3. The average Bonchev–Trinajstić information content (AvgIpc) is 2.68. The van der Waals surface area contributed by atoms with E-state index in [0.29, 0.717) is 12.2 Å². The Morgan fingerprint density at radius 3 is 2.50 bits per heavy atom. The van der Waals surface area contributed by atoms with Crippen molar-refractivity contribution in [3.63, 3.8) is 0 Å². The van der Waals surface area contributed by atoms with Gasteiger partial charge in [0.2, 0.25) is 0 Å². The molecule has 26 heavy (non-hydrogen) atoms. The molecule has 0 fully saturated rings. The van der Waals surface area contributed by atoms with Crippen molar-refractivity contribution in [2.45, 2.75) is 19.8 Å². The summed E-state index contributed by atoms with van der Waals surface area (Å²) in [5, 5.41) is 6.23. The van der Waals surface area contributed by atoms with Crippen molar-refractivity contribution in [1.82, 2.24) is 10.3 Å². The first-order valence-electron chi connectivity index (χ1n) is 8.82. The van der Waals surface area contributed by atoms with Crippen LogP contribution in [0, 0.1) is 6.92 Å².